The van der Waals surface area contributed by atoms with Crippen molar-refractivity contribution in [1.82, 2.24) is 15.1 Å². The lowest BCUT2D eigenvalue weighted by Crippen LogP contribution is -2.48. The Hall–Kier alpha value is -1.10. The summed E-state index contributed by atoms with van der Waals surface area (Å²) in [5, 5.41) is 3.20. The molecule has 0 radical (unpaired) electrons. The molecule has 2 heterocycles. The average molecular weight is 295 g/mol. The molecule has 0 aromatic rings. The Morgan fingerprint density at radius 1 is 1.19 bits per heavy atom. The first-order chi connectivity index (χ1) is 10.2. The molecular weight excluding hydrogens is 266 g/mol. The molecule has 1 N–H and O–H groups in total. The Labute approximate surface area is 128 Å². The quantitative estimate of drug-likeness (QED) is 0.849. The number of piperidine rings is 1. The van der Waals surface area contributed by atoms with Crippen molar-refractivity contribution in [3.05, 3.63) is 0 Å². The summed E-state index contributed by atoms with van der Waals surface area (Å²) >= 11 is 0. The van der Waals surface area contributed by atoms with E-state index in [4.69, 9.17) is 0 Å². The normalized spacial score (nSPS) is 24.6. The van der Waals surface area contributed by atoms with Gasteiger partial charge in [-0.25, -0.2) is 0 Å². The largest absolute Gasteiger partial charge is 0.341 e. The van der Waals surface area contributed by atoms with E-state index in [1.54, 1.807) is 4.90 Å². The van der Waals surface area contributed by atoms with Crippen LogP contribution in [0.5, 0.6) is 0 Å². The number of carbonyl (C=O) groups is 2. The molecular formula is C16H29N3O2. The molecule has 2 rings (SSSR count). The third kappa shape index (κ3) is 4.99. The Morgan fingerprint density at radius 2 is 2.00 bits per heavy atom. The van der Waals surface area contributed by atoms with Crippen LogP contribution in [-0.4, -0.2) is 61.4 Å². The molecule has 0 bridgehead atoms. The predicted octanol–water partition coefficient (Wildman–Crippen LogP) is 1.24. The summed E-state index contributed by atoms with van der Waals surface area (Å²) in [5.74, 6) is 0.840. The topological polar surface area (TPSA) is 52.7 Å². The molecule has 5 nitrogen and oxygen atoms in total. The summed E-state index contributed by atoms with van der Waals surface area (Å²) in [7, 11) is 1.96. The summed E-state index contributed by atoms with van der Waals surface area (Å²) in [6.07, 6.45) is 7.19. The zero-order valence-electron chi connectivity index (χ0n) is 13.3. The summed E-state index contributed by atoms with van der Waals surface area (Å²) in [4.78, 5) is 28.3. The first-order valence-electron chi connectivity index (χ1n) is 8.41. The Bertz CT molecular complexity index is 357. The predicted molar refractivity (Wildman–Crippen MR) is 82.9 cm³/mol. The Kier molecular flexibility index (Phi) is 6.49. The maximum absolute atomic E-state index is 12.5. The molecule has 0 aromatic heterocycles. The maximum atomic E-state index is 12.5. The van der Waals surface area contributed by atoms with Crippen LogP contribution in [0.3, 0.4) is 0 Å². The van der Waals surface area contributed by atoms with E-state index in [0.717, 1.165) is 51.9 Å². The van der Waals surface area contributed by atoms with Crippen molar-refractivity contribution < 1.29 is 9.59 Å². The van der Waals surface area contributed by atoms with Crippen molar-refractivity contribution >= 4 is 11.8 Å². The van der Waals surface area contributed by atoms with E-state index in [1.165, 1.54) is 12.8 Å². The fourth-order valence-corrected chi connectivity index (χ4v) is 3.39. The zero-order chi connectivity index (χ0) is 15.1. The first kappa shape index (κ1) is 16.3. The Balaban J connectivity index is 1.85. The van der Waals surface area contributed by atoms with Gasteiger partial charge in [-0.05, 0) is 45.2 Å². The molecule has 2 aliphatic heterocycles. The van der Waals surface area contributed by atoms with Crippen LogP contribution in [0.4, 0.5) is 0 Å². The van der Waals surface area contributed by atoms with E-state index in [9.17, 15) is 9.59 Å². The van der Waals surface area contributed by atoms with E-state index in [2.05, 4.69) is 5.32 Å². The molecule has 2 saturated heterocycles. The number of nitrogens with zero attached hydrogens (tertiary/aromatic N) is 2. The smallest absolute Gasteiger partial charge is 0.242 e. The highest BCUT2D eigenvalue weighted by atomic mass is 16.2. The summed E-state index contributed by atoms with van der Waals surface area (Å²) < 4.78 is 0. The minimum absolute atomic E-state index is 0.129. The molecule has 1 unspecified atom stereocenters. The van der Waals surface area contributed by atoms with Gasteiger partial charge in [-0.1, -0.05) is 12.8 Å². The molecule has 2 fully saturated rings. The molecule has 0 aliphatic carbocycles. The van der Waals surface area contributed by atoms with Crippen molar-refractivity contribution in [2.75, 3.05) is 39.8 Å². The van der Waals surface area contributed by atoms with Crippen LogP contribution in [-0.2, 0) is 9.59 Å². The lowest BCUT2D eigenvalue weighted by Gasteiger charge is -2.34. The van der Waals surface area contributed by atoms with Gasteiger partial charge < -0.3 is 15.1 Å². The Morgan fingerprint density at radius 3 is 2.81 bits per heavy atom. The maximum Gasteiger partial charge on any atom is 0.242 e. The molecule has 1 atom stereocenters. The van der Waals surface area contributed by atoms with Gasteiger partial charge in [-0.15, -0.1) is 0 Å². The lowest BCUT2D eigenvalue weighted by molar-refractivity contribution is -0.142. The third-order valence-corrected chi connectivity index (χ3v) is 4.61. The van der Waals surface area contributed by atoms with Gasteiger partial charge in [0, 0.05) is 26.1 Å². The van der Waals surface area contributed by atoms with Crippen LogP contribution < -0.4 is 5.32 Å². The van der Waals surface area contributed by atoms with Gasteiger partial charge in [0.2, 0.25) is 11.8 Å². The van der Waals surface area contributed by atoms with E-state index >= 15 is 0 Å². The number of likely N-dealkylation sites (tertiary alicyclic amines) is 2. The summed E-state index contributed by atoms with van der Waals surface area (Å²) in [6, 6.07) is 0. The molecule has 2 aliphatic rings. The molecule has 2 amide bonds. The van der Waals surface area contributed by atoms with E-state index in [1.807, 2.05) is 11.9 Å². The fraction of sp³-hybridized carbons (Fsp3) is 0.875. The number of carbonyl (C=O) groups excluding carboxylic acids is 2. The van der Waals surface area contributed by atoms with Gasteiger partial charge >= 0.3 is 0 Å². The number of hydrogen-bond acceptors (Lipinski definition) is 3. The van der Waals surface area contributed by atoms with Crippen molar-refractivity contribution in [3.63, 3.8) is 0 Å². The summed E-state index contributed by atoms with van der Waals surface area (Å²) in [6.45, 7) is 3.68. The van der Waals surface area contributed by atoms with Gasteiger partial charge in [0.1, 0.15) is 0 Å². The average Bonchev–Trinajstić information content (AvgIpc) is 2.47. The van der Waals surface area contributed by atoms with Crippen molar-refractivity contribution in [2.24, 2.45) is 5.92 Å². The number of rotatable bonds is 4. The van der Waals surface area contributed by atoms with E-state index in [0.29, 0.717) is 12.3 Å². The minimum atomic E-state index is 0.129. The van der Waals surface area contributed by atoms with Gasteiger partial charge in [0.25, 0.3) is 0 Å². The highest BCUT2D eigenvalue weighted by Gasteiger charge is 2.26. The van der Waals surface area contributed by atoms with Gasteiger partial charge in [0.15, 0.2) is 0 Å². The number of amides is 2. The van der Waals surface area contributed by atoms with Crippen LogP contribution in [0.2, 0.25) is 0 Å². The lowest BCUT2D eigenvalue weighted by atomic mass is 9.98. The molecule has 5 heteroatoms. The molecule has 21 heavy (non-hydrogen) atoms. The molecule has 0 saturated carbocycles. The highest BCUT2D eigenvalue weighted by molar-refractivity contribution is 5.85. The first-order valence-corrected chi connectivity index (χ1v) is 8.41. The summed E-state index contributed by atoms with van der Waals surface area (Å²) in [5.41, 5.74) is 0. The van der Waals surface area contributed by atoms with E-state index in [-0.39, 0.29) is 18.4 Å². The van der Waals surface area contributed by atoms with Crippen molar-refractivity contribution in [1.29, 1.82) is 0 Å². The van der Waals surface area contributed by atoms with Crippen LogP contribution in [0, 0.1) is 5.92 Å². The second kappa shape index (κ2) is 8.37. The molecule has 120 valence electrons. The van der Waals surface area contributed by atoms with Gasteiger partial charge in [-0.2, -0.15) is 0 Å². The van der Waals surface area contributed by atoms with Gasteiger partial charge in [-0.3, -0.25) is 9.59 Å². The zero-order valence-corrected chi connectivity index (χ0v) is 13.3. The standard InChI is InChI=1S/C16H29N3O2/c1-17-11-14-7-6-10-18(12-14)16(21)13-19-9-5-3-2-4-8-15(19)20/h14,17H,2-13H2,1H3. The van der Waals surface area contributed by atoms with Crippen molar-refractivity contribution in [2.45, 2.75) is 44.9 Å². The van der Waals surface area contributed by atoms with Crippen molar-refractivity contribution in [3.8, 4) is 0 Å². The van der Waals surface area contributed by atoms with E-state index < -0.39 is 0 Å². The van der Waals surface area contributed by atoms with Crippen LogP contribution in [0.15, 0.2) is 0 Å². The second-order valence-electron chi connectivity index (χ2n) is 6.39. The number of hydrogen-bond donors (Lipinski definition) is 1. The van der Waals surface area contributed by atoms with Crippen LogP contribution in [0.1, 0.15) is 44.9 Å². The third-order valence-electron chi connectivity index (χ3n) is 4.61. The van der Waals surface area contributed by atoms with Crippen LogP contribution in [0.25, 0.3) is 0 Å². The molecule has 0 aromatic carbocycles. The monoisotopic (exact) mass is 295 g/mol. The second-order valence-corrected chi connectivity index (χ2v) is 6.39. The van der Waals surface area contributed by atoms with Crippen LogP contribution >= 0.6 is 0 Å². The minimum Gasteiger partial charge on any atom is -0.341 e. The van der Waals surface area contributed by atoms with Gasteiger partial charge in [0.05, 0.1) is 6.54 Å². The number of nitrogens with one attached hydrogen (secondary N) is 1. The fourth-order valence-electron chi connectivity index (χ4n) is 3.39. The highest BCUT2D eigenvalue weighted by Crippen LogP contribution is 2.17. The SMILES string of the molecule is CNCC1CCCN(C(=O)CN2CCCCCCC2=O)C1. The molecule has 0 spiro atoms.